The monoisotopic (exact) mass is 248 g/mol. The van der Waals surface area contributed by atoms with Gasteiger partial charge >= 0.3 is 0 Å². The Morgan fingerprint density at radius 1 is 1.61 bits per heavy atom. The summed E-state index contributed by atoms with van der Waals surface area (Å²) in [6.07, 6.45) is 7.84. The molecule has 0 aliphatic heterocycles. The average Bonchev–Trinajstić information content (AvgIpc) is 2.55. The predicted molar refractivity (Wildman–Crippen MR) is 73.3 cm³/mol. The van der Waals surface area contributed by atoms with Gasteiger partial charge < -0.3 is 4.74 Å². The molecule has 2 aliphatic carbocycles. The molecule has 2 aliphatic rings. The number of ether oxygens (including phenoxy) is 1. The highest BCUT2D eigenvalue weighted by molar-refractivity contribution is 5.90. The lowest BCUT2D eigenvalue weighted by molar-refractivity contribution is -0.128. The first kappa shape index (κ1) is 13.5. The second-order valence-electron chi connectivity index (χ2n) is 6.12. The van der Waals surface area contributed by atoms with Gasteiger partial charge in [0.05, 0.1) is 5.41 Å². The van der Waals surface area contributed by atoms with Crippen molar-refractivity contribution in [2.75, 3.05) is 13.7 Å². The van der Waals surface area contributed by atoms with E-state index in [0.29, 0.717) is 18.1 Å². The summed E-state index contributed by atoms with van der Waals surface area (Å²) in [6.45, 7) is 8.90. The summed E-state index contributed by atoms with van der Waals surface area (Å²) in [5.74, 6) is 0.825. The largest absolute Gasteiger partial charge is 0.384 e. The van der Waals surface area contributed by atoms with Crippen molar-refractivity contribution in [3.8, 4) is 0 Å². The van der Waals surface area contributed by atoms with Gasteiger partial charge in [-0.05, 0) is 44.4 Å². The minimum absolute atomic E-state index is 0.0291. The maximum Gasteiger partial charge on any atom is 0.143 e. The molecule has 0 N–H and O–H groups in total. The molecule has 1 saturated carbocycles. The van der Waals surface area contributed by atoms with E-state index >= 15 is 0 Å². The van der Waals surface area contributed by atoms with Gasteiger partial charge in [0.15, 0.2) is 0 Å². The van der Waals surface area contributed by atoms with Crippen molar-refractivity contribution in [3.63, 3.8) is 0 Å². The van der Waals surface area contributed by atoms with Crippen LogP contribution in [0.4, 0.5) is 0 Å². The van der Waals surface area contributed by atoms with Crippen LogP contribution in [0.2, 0.25) is 0 Å². The van der Waals surface area contributed by atoms with E-state index in [1.807, 2.05) is 6.08 Å². The van der Waals surface area contributed by atoms with E-state index in [1.54, 1.807) is 7.11 Å². The van der Waals surface area contributed by atoms with Crippen LogP contribution in [0.15, 0.2) is 24.3 Å². The number of carbonyl (C=O) groups is 1. The molecule has 2 rings (SSSR count). The lowest BCUT2D eigenvalue weighted by Gasteiger charge is -2.49. The molecular weight excluding hydrogens is 224 g/mol. The molecule has 0 amide bonds. The molecule has 0 unspecified atom stereocenters. The second kappa shape index (κ2) is 4.65. The number of rotatable bonds is 4. The van der Waals surface area contributed by atoms with Crippen LogP contribution in [0.5, 0.6) is 0 Å². The third-order valence-electron chi connectivity index (χ3n) is 5.17. The molecule has 0 aromatic heterocycles. The van der Waals surface area contributed by atoms with E-state index in [9.17, 15) is 4.79 Å². The Hall–Kier alpha value is -0.890. The summed E-state index contributed by atoms with van der Waals surface area (Å²) in [4.78, 5) is 12.4. The first-order chi connectivity index (χ1) is 8.50. The van der Waals surface area contributed by atoms with E-state index in [-0.39, 0.29) is 10.8 Å². The topological polar surface area (TPSA) is 26.3 Å². The SMILES string of the molecule is C=CC[C@@]12CCC(=O)[C@]1(C)C=C(C)C[C@H]2COC. The van der Waals surface area contributed by atoms with E-state index in [1.165, 1.54) is 5.57 Å². The first-order valence-electron chi connectivity index (χ1n) is 6.81. The van der Waals surface area contributed by atoms with Gasteiger partial charge in [-0.15, -0.1) is 6.58 Å². The van der Waals surface area contributed by atoms with Crippen molar-refractivity contribution in [1.29, 1.82) is 0 Å². The Morgan fingerprint density at radius 2 is 2.33 bits per heavy atom. The lowest BCUT2D eigenvalue weighted by atomic mass is 9.54. The van der Waals surface area contributed by atoms with Gasteiger partial charge in [-0.2, -0.15) is 0 Å². The summed E-state index contributed by atoms with van der Waals surface area (Å²) >= 11 is 0. The van der Waals surface area contributed by atoms with Crippen LogP contribution in [0, 0.1) is 16.7 Å². The molecule has 0 saturated heterocycles. The number of carbonyl (C=O) groups excluding carboxylic acids is 1. The van der Waals surface area contributed by atoms with Crippen LogP contribution in [0.25, 0.3) is 0 Å². The summed E-state index contributed by atoms with van der Waals surface area (Å²) in [7, 11) is 1.75. The molecule has 100 valence electrons. The van der Waals surface area contributed by atoms with Crippen molar-refractivity contribution >= 4 is 5.78 Å². The number of hydrogen-bond donors (Lipinski definition) is 0. The Labute approximate surface area is 110 Å². The number of Topliss-reactive ketones (excluding diaryl/α,β-unsaturated/α-hetero) is 1. The van der Waals surface area contributed by atoms with Gasteiger partial charge in [0.25, 0.3) is 0 Å². The van der Waals surface area contributed by atoms with Crippen LogP contribution in [0.3, 0.4) is 0 Å². The third kappa shape index (κ3) is 1.70. The molecule has 0 radical (unpaired) electrons. The smallest absolute Gasteiger partial charge is 0.143 e. The quantitative estimate of drug-likeness (QED) is 0.711. The highest BCUT2D eigenvalue weighted by Crippen LogP contribution is 2.62. The summed E-state index contributed by atoms with van der Waals surface area (Å²) in [5, 5.41) is 0. The second-order valence-corrected chi connectivity index (χ2v) is 6.12. The summed E-state index contributed by atoms with van der Waals surface area (Å²) in [6, 6.07) is 0. The molecule has 0 aromatic carbocycles. The third-order valence-corrected chi connectivity index (χ3v) is 5.17. The minimum atomic E-state index is -0.313. The van der Waals surface area contributed by atoms with Gasteiger partial charge in [0.2, 0.25) is 0 Å². The average molecular weight is 248 g/mol. The zero-order valence-electron chi connectivity index (χ0n) is 11.8. The van der Waals surface area contributed by atoms with Crippen LogP contribution < -0.4 is 0 Å². The van der Waals surface area contributed by atoms with Crippen molar-refractivity contribution < 1.29 is 9.53 Å². The zero-order valence-corrected chi connectivity index (χ0v) is 11.8. The van der Waals surface area contributed by atoms with Crippen molar-refractivity contribution in [2.24, 2.45) is 16.7 Å². The van der Waals surface area contributed by atoms with Gasteiger partial charge in [-0.25, -0.2) is 0 Å². The number of hydrogen-bond acceptors (Lipinski definition) is 2. The van der Waals surface area contributed by atoms with Gasteiger partial charge in [0, 0.05) is 20.1 Å². The highest BCUT2D eigenvalue weighted by atomic mass is 16.5. The van der Waals surface area contributed by atoms with E-state index < -0.39 is 0 Å². The van der Waals surface area contributed by atoms with E-state index in [0.717, 1.165) is 25.9 Å². The Kier molecular flexibility index (Phi) is 3.50. The molecule has 0 spiro atoms. The summed E-state index contributed by atoms with van der Waals surface area (Å²) in [5.41, 5.74) is 1.04. The van der Waals surface area contributed by atoms with Gasteiger partial charge in [-0.3, -0.25) is 4.79 Å². The Bertz CT molecular complexity index is 396. The van der Waals surface area contributed by atoms with Crippen molar-refractivity contribution in [1.82, 2.24) is 0 Å². The standard InChI is InChI=1S/C16H24O2/c1-5-7-16-8-6-14(17)15(16,3)10-12(2)9-13(16)11-18-4/h5,10,13H,1,6-9,11H2,2-4H3/t13-,15-,16-/m0/s1. The normalized spacial score (nSPS) is 39.4. The molecular formula is C16H24O2. The fourth-order valence-corrected chi connectivity index (χ4v) is 4.28. The number of fused-ring (bicyclic) bond motifs is 1. The molecule has 18 heavy (non-hydrogen) atoms. The molecule has 0 bridgehead atoms. The molecule has 0 heterocycles. The molecule has 0 aromatic rings. The lowest BCUT2D eigenvalue weighted by Crippen LogP contribution is -2.47. The number of ketones is 1. The van der Waals surface area contributed by atoms with E-state index in [4.69, 9.17) is 4.74 Å². The van der Waals surface area contributed by atoms with Crippen molar-refractivity contribution in [2.45, 2.75) is 39.5 Å². The molecule has 2 nitrogen and oxygen atoms in total. The molecule has 1 fully saturated rings. The molecule has 3 atom stereocenters. The van der Waals surface area contributed by atoms with Gasteiger partial charge in [-0.1, -0.05) is 17.7 Å². The van der Waals surface area contributed by atoms with Crippen LogP contribution in [-0.2, 0) is 9.53 Å². The van der Waals surface area contributed by atoms with E-state index in [2.05, 4.69) is 26.5 Å². The van der Waals surface area contributed by atoms with Crippen molar-refractivity contribution in [3.05, 3.63) is 24.3 Å². The van der Waals surface area contributed by atoms with Gasteiger partial charge in [0.1, 0.15) is 5.78 Å². The first-order valence-corrected chi connectivity index (χ1v) is 6.81. The Morgan fingerprint density at radius 3 is 2.94 bits per heavy atom. The fourth-order valence-electron chi connectivity index (χ4n) is 4.28. The maximum atomic E-state index is 12.4. The highest BCUT2D eigenvalue weighted by Gasteiger charge is 2.60. The summed E-state index contributed by atoms with van der Waals surface area (Å²) < 4.78 is 5.42. The fraction of sp³-hybridized carbons (Fsp3) is 0.688. The molecule has 2 heteroatoms. The van der Waals surface area contributed by atoms with Crippen LogP contribution in [0.1, 0.15) is 39.5 Å². The minimum Gasteiger partial charge on any atom is -0.384 e. The van der Waals surface area contributed by atoms with Crippen LogP contribution >= 0.6 is 0 Å². The van der Waals surface area contributed by atoms with Crippen LogP contribution in [-0.4, -0.2) is 19.5 Å². The zero-order chi connectivity index (χ0) is 13.4. The number of methoxy groups -OCH3 is 1. The predicted octanol–water partition coefficient (Wildman–Crippen LogP) is 3.53. The maximum absolute atomic E-state index is 12.4. The Balaban J connectivity index is 2.50. The number of allylic oxidation sites excluding steroid dienone is 3.